The summed E-state index contributed by atoms with van der Waals surface area (Å²) in [7, 11) is 0. The largest absolute Gasteiger partial charge is 0.492 e. The van der Waals surface area contributed by atoms with E-state index in [0.29, 0.717) is 29.7 Å². The summed E-state index contributed by atoms with van der Waals surface area (Å²) in [4.78, 5) is 16.7. The summed E-state index contributed by atoms with van der Waals surface area (Å²) in [6.07, 6.45) is 3.45. The second kappa shape index (κ2) is 9.36. The molecule has 0 saturated heterocycles. The molecule has 0 fully saturated rings. The van der Waals surface area contributed by atoms with E-state index < -0.39 is 0 Å². The molecule has 0 radical (unpaired) electrons. The summed E-state index contributed by atoms with van der Waals surface area (Å²) in [5, 5.41) is 11.9. The van der Waals surface area contributed by atoms with Gasteiger partial charge in [-0.25, -0.2) is 0 Å². The molecular formula is C20H23N5O2S. The van der Waals surface area contributed by atoms with Crippen LogP contribution in [0.3, 0.4) is 0 Å². The molecule has 2 aromatic heterocycles. The third kappa shape index (κ3) is 4.51. The molecule has 28 heavy (non-hydrogen) atoms. The van der Waals surface area contributed by atoms with Crippen molar-refractivity contribution in [1.82, 2.24) is 19.7 Å². The molecule has 0 spiro atoms. The highest BCUT2D eigenvalue weighted by molar-refractivity contribution is 8.00. The standard InChI is InChI=1S/C20H23N5O2S/c1-4-25-18(15-10-12-21-13-11-15)23-24-20(25)28-14(3)19(26)22-16-8-6-7-9-17(16)27-5-2/h6-14H,4-5H2,1-3H3,(H,22,26). The van der Waals surface area contributed by atoms with Gasteiger partial charge >= 0.3 is 0 Å². The van der Waals surface area contributed by atoms with E-state index in [0.717, 1.165) is 11.4 Å². The lowest BCUT2D eigenvalue weighted by atomic mass is 10.2. The van der Waals surface area contributed by atoms with E-state index in [2.05, 4.69) is 20.5 Å². The number of hydrogen-bond acceptors (Lipinski definition) is 6. The van der Waals surface area contributed by atoms with Gasteiger partial charge in [0.25, 0.3) is 0 Å². The number of rotatable bonds is 8. The zero-order chi connectivity index (χ0) is 19.9. The Morgan fingerprint density at radius 2 is 1.93 bits per heavy atom. The Morgan fingerprint density at radius 3 is 2.64 bits per heavy atom. The van der Waals surface area contributed by atoms with Crippen molar-refractivity contribution in [3.05, 3.63) is 48.8 Å². The van der Waals surface area contributed by atoms with Gasteiger partial charge in [0.15, 0.2) is 11.0 Å². The Kier molecular flexibility index (Phi) is 6.65. The summed E-state index contributed by atoms with van der Waals surface area (Å²) >= 11 is 1.38. The molecule has 1 aromatic carbocycles. The first-order valence-electron chi connectivity index (χ1n) is 9.17. The molecule has 0 bridgehead atoms. The first-order chi connectivity index (χ1) is 13.6. The van der Waals surface area contributed by atoms with Crippen molar-refractivity contribution in [3.8, 4) is 17.1 Å². The Morgan fingerprint density at radius 1 is 1.18 bits per heavy atom. The van der Waals surface area contributed by atoms with Crippen molar-refractivity contribution >= 4 is 23.4 Å². The molecule has 0 aliphatic rings. The number of para-hydroxylation sites is 2. The zero-order valence-electron chi connectivity index (χ0n) is 16.1. The smallest absolute Gasteiger partial charge is 0.237 e. The van der Waals surface area contributed by atoms with Crippen molar-refractivity contribution in [2.75, 3.05) is 11.9 Å². The van der Waals surface area contributed by atoms with Gasteiger partial charge < -0.3 is 14.6 Å². The Hall–Kier alpha value is -2.87. The van der Waals surface area contributed by atoms with Gasteiger partial charge in [0.05, 0.1) is 17.5 Å². The maximum absolute atomic E-state index is 12.7. The Bertz CT molecular complexity index is 929. The van der Waals surface area contributed by atoms with Crippen LogP contribution in [0.2, 0.25) is 0 Å². The number of amides is 1. The fourth-order valence-electron chi connectivity index (χ4n) is 2.67. The fraction of sp³-hybridized carbons (Fsp3) is 0.300. The van der Waals surface area contributed by atoms with Gasteiger partial charge in [-0.05, 0) is 45.0 Å². The zero-order valence-corrected chi connectivity index (χ0v) is 16.9. The molecule has 3 rings (SSSR count). The third-order valence-corrected chi connectivity index (χ3v) is 5.15. The molecule has 1 unspecified atom stereocenters. The van der Waals surface area contributed by atoms with E-state index >= 15 is 0 Å². The van der Waals surface area contributed by atoms with Gasteiger partial charge in [-0.3, -0.25) is 9.78 Å². The number of hydrogen-bond donors (Lipinski definition) is 1. The highest BCUT2D eigenvalue weighted by atomic mass is 32.2. The molecular weight excluding hydrogens is 374 g/mol. The van der Waals surface area contributed by atoms with Crippen LogP contribution >= 0.6 is 11.8 Å². The molecule has 8 heteroatoms. The van der Waals surface area contributed by atoms with E-state index in [9.17, 15) is 4.79 Å². The highest BCUT2D eigenvalue weighted by Crippen LogP contribution is 2.29. The summed E-state index contributed by atoms with van der Waals surface area (Å²) in [6, 6.07) is 11.2. The van der Waals surface area contributed by atoms with Crippen molar-refractivity contribution in [3.63, 3.8) is 0 Å². The molecule has 3 aromatic rings. The number of pyridine rings is 1. The van der Waals surface area contributed by atoms with E-state index in [4.69, 9.17) is 4.74 Å². The molecule has 7 nitrogen and oxygen atoms in total. The average Bonchev–Trinajstić information content (AvgIpc) is 3.12. The van der Waals surface area contributed by atoms with E-state index in [1.54, 1.807) is 12.4 Å². The predicted molar refractivity (Wildman–Crippen MR) is 110 cm³/mol. The molecule has 1 atom stereocenters. The first kappa shape index (κ1) is 19.9. The summed E-state index contributed by atoms with van der Waals surface area (Å²) in [5.41, 5.74) is 1.61. The van der Waals surface area contributed by atoms with Crippen molar-refractivity contribution in [2.45, 2.75) is 37.7 Å². The topological polar surface area (TPSA) is 81.9 Å². The van der Waals surface area contributed by atoms with Crippen molar-refractivity contribution in [1.29, 1.82) is 0 Å². The monoisotopic (exact) mass is 397 g/mol. The number of nitrogens with one attached hydrogen (secondary N) is 1. The SMILES string of the molecule is CCOc1ccccc1NC(=O)C(C)Sc1nnc(-c2ccncc2)n1CC. The van der Waals surface area contributed by atoms with Gasteiger partial charge in [-0.2, -0.15) is 0 Å². The number of thioether (sulfide) groups is 1. The highest BCUT2D eigenvalue weighted by Gasteiger charge is 2.21. The Balaban J connectivity index is 1.74. The number of aromatic nitrogens is 4. The number of benzene rings is 1. The normalized spacial score (nSPS) is 11.8. The minimum Gasteiger partial charge on any atom is -0.492 e. The van der Waals surface area contributed by atoms with Gasteiger partial charge in [-0.15, -0.1) is 10.2 Å². The molecule has 2 heterocycles. The second-order valence-corrected chi connectivity index (χ2v) is 7.27. The minimum atomic E-state index is -0.352. The van der Waals surface area contributed by atoms with Crippen LogP contribution in [0.15, 0.2) is 53.9 Å². The van der Waals surface area contributed by atoms with Crippen LogP contribution in [0.4, 0.5) is 5.69 Å². The van der Waals surface area contributed by atoms with Crippen LogP contribution < -0.4 is 10.1 Å². The van der Waals surface area contributed by atoms with E-state index in [1.165, 1.54) is 11.8 Å². The fourth-order valence-corrected chi connectivity index (χ4v) is 3.59. The second-order valence-electron chi connectivity index (χ2n) is 5.96. The van der Waals surface area contributed by atoms with Crippen molar-refractivity contribution < 1.29 is 9.53 Å². The summed E-state index contributed by atoms with van der Waals surface area (Å²) in [5.74, 6) is 1.31. The summed E-state index contributed by atoms with van der Waals surface area (Å²) in [6.45, 7) is 7.03. The van der Waals surface area contributed by atoms with E-state index in [1.807, 2.05) is 61.7 Å². The molecule has 0 aliphatic carbocycles. The lowest BCUT2D eigenvalue weighted by molar-refractivity contribution is -0.115. The number of nitrogens with zero attached hydrogens (tertiary/aromatic N) is 4. The van der Waals surface area contributed by atoms with Crippen LogP contribution in [-0.4, -0.2) is 37.5 Å². The Labute approximate surface area is 168 Å². The van der Waals surface area contributed by atoms with Gasteiger partial charge in [0.2, 0.25) is 5.91 Å². The van der Waals surface area contributed by atoms with E-state index in [-0.39, 0.29) is 11.2 Å². The third-order valence-electron chi connectivity index (χ3n) is 4.07. The number of carbonyl (C=O) groups excluding carboxylic acids is 1. The maximum atomic E-state index is 12.7. The number of ether oxygens (including phenoxy) is 1. The first-order valence-corrected chi connectivity index (χ1v) is 10.0. The molecule has 146 valence electrons. The molecule has 0 aliphatic heterocycles. The lowest BCUT2D eigenvalue weighted by Gasteiger charge is -2.15. The van der Waals surface area contributed by atoms with Crippen LogP contribution in [0, 0.1) is 0 Å². The molecule has 1 amide bonds. The molecule has 0 saturated carbocycles. The summed E-state index contributed by atoms with van der Waals surface area (Å²) < 4.78 is 7.57. The average molecular weight is 398 g/mol. The number of carbonyl (C=O) groups is 1. The quantitative estimate of drug-likeness (QED) is 0.581. The predicted octanol–water partition coefficient (Wildman–Crippen LogP) is 3.88. The van der Waals surface area contributed by atoms with Crippen LogP contribution in [-0.2, 0) is 11.3 Å². The van der Waals surface area contributed by atoms with Gasteiger partial charge in [0.1, 0.15) is 5.75 Å². The van der Waals surface area contributed by atoms with Crippen LogP contribution in [0.1, 0.15) is 20.8 Å². The molecule has 1 N–H and O–H groups in total. The minimum absolute atomic E-state index is 0.117. The van der Waals surface area contributed by atoms with Crippen LogP contribution in [0.25, 0.3) is 11.4 Å². The maximum Gasteiger partial charge on any atom is 0.237 e. The van der Waals surface area contributed by atoms with Gasteiger partial charge in [-0.1, -0.05) is 23.9 Å². The number of anilines is 1. The lowest BCUT2D eigenvalue weighted by Crippen LogP contribution is -2.23. The van der Waals surface area contributed by atoms with Crippen LogP contribution in [0.5, 0.6) is 5.75 Å². The van der Waals surface area contributed by atoms with Gasteiger partial charge in [0, 0.05) is 24.5 Å². The van der Waals surface area contributed by atoms with Crippen molar-refractivity contribution in [2.24, 2.45) is 0 Å².